The Kier molecular flexibility index (Phi) is 8.87. The van der Waals surface area contributed by atoms with E-state index in [2.05, 4.69) is 0 Å². The number of rotatable bonds is 6. The third kappa shape index (κ3) is 7.36. The zero-order valence-electron chi connectivity index (χ0n) is 22.6. The van der Waals surface area contributed by atoms with Crippen molar-refractivity contribution in [2.24, 2.45) is 0 Å². The Bertz CT molecular complexity index is 1480. The topological polar surface area (TPSA) is 3.24 Å². The van der Waals surface area contributed by atoms with Gasteiger partial charge in [-0.05, 0) is 66.6 Å². The summed E-state index contributed by atoms with van der Waals surface area (Å²) >= 11 is 0. The normalized spacial score (nSPS) is 13.1. The fourth-order valence-corrected chi connectivity index (χ4v) is 7.28. The Morgan fingerprint density at radius 1 is 0.568 bits per heavy atom. The molecule has 1 nitrogen and oxygen atoms in total. The predicted octanol–water partition coefficient (Wildman–Crippen LogP) is 8.90. The fraction of sp³-hybridized carbons (Fsp3) is 0.233. The first-order chi connectivity index (χ1) is 20.2. The van der Waals surface area contributed by atoms with Crippen LogP contribution in [-0.4, -0.2) is 14.1 Å². The fourth-order valence-electron chi connectivity index (χ4n) is 4.68. The van der Waals surface area contributed by atoms with Gasteiger partial charge in [0.05, 0.1) is 22.3 Å². The Morgan fingerprint density at radius 3 is 1.36 bits per heavy atom. The van der Waals surface area contributed by atoms with Crippen molar-refractivity contribution < 1.29 is 52.7 Å². The number of anilines is 1. The van der Waals surface area contributed by atoms with Crippen molar-refractivity contribution in [3.8, 4) is 0 Å². The summed E-state index contributed by atoms with van der Waals surface area (Å²) in [7, 11) is 0.627. The van der Waals surface area contributed by atoms with Crippen LogP contribution in [-0.2, 0) is 31.1 Å². The summed E-state index contributed by atoms with van der Waals surface area (Å²) in [6.07, 6.45) is -21.2. The summed E-state index contributed by atoms with van der Waals surface area (Å²) in [5.41, 5.74) is -5.33. The Labute approximate surface area is 244 Å². The van der Waals surface area contributed by atoms with Gasteiger partial charge in [0, 0.05) is 19.8 Å². The second-order valence-electron chi connectivity index (χ2n) is 10.00. The molecule has 0 aromatic heterocycles. The molecule has 0 saturated heterocycles. The zero-order chi connectivity index (χ0) is 32.8. The minimum atomic E-state index is -5.30. The average molecular weight is 654 g/mol. The van der Waals surface area contributed by atoms with Crippen LogP contribution in [0.4, 0.5) is 58.4 Å². The molecular weight excluding hydrogens is 633 g/mol. The lowest BCUT2D eigenvalue weighted by Crippen LogP contribution is -2.27. The van der Waals surface area contributed by atoms with Crippen molar-refractivity contribution in [2.75, 3.05) is 19.0 Å². The molecule has 14 heteroatoms. The second-order valence-corrected chi connectivity index (χ2v) is 12.2. The number of benzene rings is 3. The van der Waals surface area contributed by atoms with E-state index in [0.29, 0.717) is 41.1 Å². The molecule has 0 aliphatic heterocycles. The molecule has 0 spiro atoms. The molecule has 0 saturated carbocycles. The van der Waals surface area contributed by atoms with Crippen LogP contribution in [0.15, 0.2) is 78.9 Å². The van der Waals surface area contributed by atoms with E-state index in [9.17, 15) is 52.7 Å². The lowest BCUT2D eigenvalue weighted by atomic mass is 10.0. The number of halogens is 12. The maximum Gasteiger partial charge on any atom is 0.416 e. The van der Waals surface area contributed by atoms with Crippen molar-refractivity contribution in [3.05, 3.63) is 112 Å². The van der Waals surface area contributed by atoms with Crippen LogP contribution in [0.1, 0.15) is 33.4 Å². The Hall–Kier alpha value is -3.60. The highest BCUT2D eigenvalue weighted by Crippen LogP contribution is 2.44. The minimum absolute atomic E-state index is 0.00783. The molecule has 0 heterocycles. The molecule has 0 aliphatic carbocycles. The third-order valence-corrected chi connectivity index (χ3v) is 9.10. The van der Waals surface area contributed by atoms with Gasteiger partial charge < -0.3 is 4.90 Å². The quantitative estimate of drug-likeness (QED) is 0.114. The first-order valence-electron chi connectivity index (χ1n) is 12.5. The van der Waals surface area contributed by atoms with E-state index >= 15 is 0 Å². The molecule has 4 aromatic carbocycles. The van der Waals surface area contributed by atoms with E-state index in [1.807, 2.05) is 0 Å². The van der Waals surface area contributed by atoms with Crippen LogP contribution in [0.2, 0.25) is 0 Å². The first-order valence-corrected chi connectivity index (χ1v) is 13.9. The molecular formula is C30H21F12NP-. The van der Waals surface area contributed by atoms with Crippen LogP contribution in [0, 0.1) is 0 Å². The average Bonchev–Trinajstić information content (AvgIpc) is 3.34. The van der Waals surface area contributed by atoms with Gasteiger partial charge in [-0.3, -0.25) is 0 Å². The maximum absolute atomic E-state index is 13.8. The number of nitrogens with zero attached hydrogens (tertiary/aromatic N) is 1. The highest BCUT2D eigenvalue weighted by atomic mass is 31.1. The molecule has 0 unspecified atom stereocenters. The van der Waals surface area contributed by atoms with E-state index in [1.54, 1.807) is 43.3 Å². The summed E-state index contributed by atoms with van der Waals surface area (Å²) in [6.45, 7) is 0. The van der Waals surface area contributed by atoms with Crippen molar-refractivity contribution in [3.63, 3.8) is 0 Å². The molecule has 4 aromatic rings. The zero-order valence-corrected chi connectivity index (χ0v) is 23.5. The largest absolute Gasteiger partial charge is 0.416 e. The van der Waals surface area contributed by atoms with Gasteiger partial charge in [-0.25, -0.2) is 6.07 Å². The lowest BCUT2D eigenvalue weighted by molar-refractivity contribution is -0.144. The van der Waals surface area contributed by atoms with Gasteiger partial charge in [0.15, 0.2) is 0 Å². The van der Waals surface area contributed by atoms with E-state index < -0.39 is 65.5 Å². The Morgan fingerprint density at radius 2 is 0.977 bits per heavy atom. The van der Waals surface area contributed by atoms with E-state index in [4.69, 9.17) is 0 Å². The highest BCUT2D eigenvalue weighted by molar-refractivity contribution is 7.80. The maximum atomic E-state index is 13.8. The number of hydrogen-bond donors (Lipinski definition) is 0. The van der Waals surface area contributed by atoms with E-state index in [0.717, 1.165) is 0 Å². The second kappa shape index (κ2) is 11.7. The van der Waals surface area contributed by atoms with Gasteiger partial charge in [0.25, 0.3) is 0 Å². The molecule has 0 aliphatic rings. The molecule has 0 radical (unpaired) electrons. The van der Waals surface area contributed by atoms with Crippen molar-refractivity contribution in [1.29, 1.82) is 0 Å². The number of hydrogen-bond acceptors (Lipinski definition) is 1. The smallest absolute Gasteiger partial charge is 0.377 e. The third-order valence-electron chi connectivity index (χ3n) is 6.64. The standard InChI is InChI=1S/C30H21F12NP/c1-43(2)25-8-4-3-6-17(25)10-18-7-5-9-26(18)44(23-13-19(27(31,32)33)11-20(14-23)28(34,35)36)24-15-21(29(37,38)39)12-22(16-24)30(40,41)42/h3-9,11-16H,10H2,1-2H3/q-1. The Balaban J connectivity index is 2.07. The first kappa shape index (κ1) is 33.3. The summed E-state index contributed by atoms with van der Waals surface area (Å²) in [4.78, 5) is 1.74. The van der Waals surface area contributed by atoms with Crippen molar-refractivity contribution >= 4 is 29.5 Å². The molecule has 44 heavy (non-hydrogen) atoms. The van der Waals surface area contributed by atoms with Crippen molar-refractivity contribution in [1.82, 2.24) is 0 Å². The van der Waals surface area contributed by atoms with Crippen LogP contribution >= 0.6 is 7.92 Å². The van der Waals surface area contributed by atoms with Crippen LogP contribution in [0.25, 0.3) is 0 Å². The van der Waals surface area contributed by atoms with Gasteiger partial charge in [-0.2, -0.15) is 70.4 Å². The minimum Gasteiger partial charge on any atom is -0.377 e. The molecule has 0 N–H and O–H groups in total. The summed E-state index contributed by atoms with van der Waals surface area (Å²) in [5, 5.41) is -1.43. The van der Waals surface area contributed by atoms with E-state index in [-0.39, 0.29) is 23.9 Å². The summed E-state index contributed by atoms with van der Waals surface area (Å²) in [6, 6.07) is 12.1. The van der Waals surface area contributed by atoms with Gasteiger partial charge in [0.1, 0.15) is 0 Å². The number of para-hydroxylation sites is 1. The highest BCUT2D eigenvalue weighted by Gasteiger charge is 2.40. The van der Waals surface area contributed by atoms with Crippen molar-refractivity contribution in [2.45, 2.75) is 31.1 Å². The van der Waals surface area contributed by atoms with Crippen LogP contribution in [0.5, 0.6) is 0 Å². The molecule has 0 fully saturated rings. The van der Waals surface area contributed by atoms with Gasteiger partial charge in [-0.15, -0.1) is 5.30 Å². The SMILES string of the molecule is CN(C)c1ccccc1Cc1cc[cH-]c1P(c1cc(C(F)(F)F)cc(C(F)(F)F)c1)c1cc(C(F)(F)F)cc(C(F)(F)F)c1. The monoisotopic (exact) mass is 654 g/mol. The van der Waals surface area contributed by atoms with Gasteiger partial charge in [0.2, 0.25) is 0 Å². The molecule has 0 bridgehead atoms. The van der Waals surface area contributed by atoms with Gasteiger partial charge >= 0.3 is 24.7 Å². The molecule has 236 valence electrons. The summed E-state index contributed by atoms with van der Waals surface area (Å²) < 4.78 is 166. The number of alkyl halides is 12. The summed E-state index contributed by atoms with van der Waals surface area (Å²) in [5.74, 6) is 0. The predicted molar refractivity (Wildman–Crippen MR) is 144 cm³/mol. The molecule has 0 amide bonds. The van der Waals surface area contributed by atoms with Crippen LogP contribution in [0.3, 0.4) is 0 Å². The molecule has 0 atom stereocenters. The van der Waals surface area contributed by atoms with E-state index in [1.165, 1.54) is 18.2 Å². The lowest BCUT2D eigenvalue weighted by Gasteiger charge is -2.28. The molecule has 4 rings (SSSR count). The van der Waals surface area contributed by atoms with Crippen LogP contribution < -0.4 is 20.8 Å². The van der Waals surface area contributed by atoms with Gasteiger partial charge in [-0.1, -0.05) is 24.6 Å².